The van der Waals surface area contributed by atoms with Crippen LogP contribution >= 0.6 is 11.3 Å². The normalized spacial score (nSPS) is 10.8. The number of halogens is 1. The zero-order valence-electron chi connectivity index (χ0n) is 11.9. The van der Waals surface area contributed by atoms with Gasteiger partial charge in [-0.1, -0.05) is 30.3 Å². The zero-order chi connectivity index (χ0) is 16.1. The van der Waals surface area contributed by atoms with Crippen LogP contribution in [0.3, 0.4) is 0 Å². The van der Waals surface area contributed by atoms with Gasteiger partial charge in [-0.25, -0.2) is 9.37 Å². The standard InChI is InChI=1S/C17H12FN3OS/c18-14-8-12(9-19-10-14)6-7-15(22)21-17-16(20-11-23-17)13-4-2-1-3-5-13/h1-11H,(H,21,22)/b7-6+. The van der Waals surface area contributed by atoms with Crippen molar-refractivity contribution in [2.45, 2.75) is 0 Å². The molecule has 23 heavy (non-hydrogen) atoms. The molecule has 0 saturated carbocycles. The van der Waals surface area contributed by atoms with Crippen LogP contribution in [0.25, 0.3) is 17.3 Å². The van der Waals surface area contributed by atoms with Crippen LogP contribution in [0.1, 0.15) is 5.56 Å². The van der Waals surface area contributed by atoms with Crippen LogP contribution in [-0.2, 0) is 4.79 Å². The Balaban J connectivity index is 1.73. The Morgan fingerprint density at radius 3 is 2.83 bits per heavy atom. The van der Waals surface area contributed by atoms with Crippen LogP contribution in [0.5, 0.6) is 0 Å². The number of amides is 1. The summed E-state index contributed by atoms with van der Waals surface area (Å²) in [5.41, 5.74) is 3.86. The summed E-state index contributed by atoms with van der Waals surface area (Å²) in [7, 11) is 0. The second-order valence-electron chi connectivity index (χ2n) is 4.66. The van der Waals surface area contributed by atoms with E-state index in [1.165, 1.54) is 35.8 Å². The van der Waals surface area contributed by atoms with E-state index in [0.29, 0.717) is 10.6 Å². The van der Waals surface area contributed by atoms with Gasteiger partial charge in [0.2, 0.25) is 5.91 Å². The number of pyridine rings is 1. The number of aromatic nitrogens is 2. The molecule has 0 atom stereocenters. The molecular formula is C17H12FN3OS. The quantitative estimate of drug-likeness (QED) is 0.738. The molecular weight excluding hydrogens is 313 g/mol. The summed E-state index contributed by atoms with van der Waals surface area (Å²) in [5.74, 6) is -0.753. The van der Waals surface area contributed by atoms with Crippen LogP contribution in [-0.4, -0.2) is 15.9 Å². The van der Waals surface area contributed by atoms with Crippen molar-refractivity contribution < 1.29 is 9.18 Å². The van der Waals surface area contributed by atoms with Crippen molar-refractivity contribution in [1.82, 2.24) is 9.97 Å². The van der Waals surface area contributed by atoms with Crippen molar-refractivity contribution >= 4 is 28.3 Å². The Hall–Kier alpha value is -2.86. The highest BCUT2D eigenvalue weighted by Crippen LogP contribution is 2.30. The predicted octanol–water partition coefficient (Wildman–Crippen LogP) is 4.00. The van der Waals surface area contributed by atoms with Gasteiger partial charge in [0.25, 0.3) is 0 Å². The highest BCUT2D eigenvalue weighted by atomic mass is 32.1. The molecule has 1 amide bonds. The Labute approximate surface area is 136 Å². The number of nitrogens with zero attached hydrogens (tertiary/aromatic N) is 2. The maximum atomic E-state index is 13.0. The number of benzene rings is 1. The molecule has 6 heteroatoms. The average molecular weight is 325 g/mol. The summed E-state index contributed by atoms with van der Waals surface area (Å²) >= 11 is 1.35. The van der Waals surface area contributed by atoms with Gasteiger partial charge in [0.05, 0.1) is 11.7 Å². The van der Waals surface area contributed by atoms with Crippen LogP contribution in [0.2, 0.25) is 0 Å². The van der Waals surface area contributed by atoms with Gasteiger partial charge < -0.3 is 5.32 Å². The number of carbonyl (C=O) groups is 1. The van der Waals surface area contributed by atoms with Crippen LogP contribution in [0, 0.1) is 5.82 Å². The van der Waals surface area contributed by atoms with Gasteiger partial charge in [-0.15, -0.1) is 11.3 Å². The summed E-state index contributed by atoms with van der Waals surface area (Å²) in [6.45, 7) is 0. The van der Waals surface area contributed by atoms with E-state index in [1.54, 1.807) is 5.51 Å². The minimum absolute atomic E-state index is 0.310. The highest BCUT2D eigenvalue weighted by Gasteiger charge is 2.10. The maximum Gasteiger partial charge on any atom is 0.249 e. The van der Waals surface area contributed by atoms with Crippen molar-refractivity contribution in [3.63, 3.8) is 0 Å². The van der Waals surface area contributed by atoms with Crippen LogP contribution < -0.4 is 5.32 Å². The second kappa shape index (κ2) is 6.93. The SMILES string of the molecule is O=C(/C=C/c1cncc(F)c1)Nc1scnc1-c1ccccc1. The van der Waals surface area contributed by atoms with Crippen molar-refractivity contribution in [3.8, 4) is 11.3 Å². The lowest BCUT2D eigenvalue weighted by Crippen LogP contribution is -2.07. The van der Waals surface area contributed by atoms with Crippen molar-refractivity contribution in [2.24, 2.45) is 0 Å². The predicted molar refractivity (Wildman–Crippen MR) is 89.4 cm³/mol. The molecule has 0 aliphatic rings. The molecule has 2 heterocycles. The fourth-order valence-electron chi connectivity index (χ4n) is 1.98. The zero-order valence-corrected chi connectivity index (χ0v) is 12.8. The van der Waals surface area contributed by atoms with Gasteiger partial charge in [-0.2, -0.15) is 0 Å². The number of carbonyl (C=O) groups excluding carboxylic acids is 1. The first kappa shape index (κ1) is 15.1. The molecule has 1 N–H and O–H groups in total. The smallest absolute Gasteiger partial charge is 0.249 e. The van der Waals surface area contributed by atoms with E-state index < -0.39 is 5.82 Å². The Morgan fingerprint density at radius 1 is 1.22 bits per heavy atom. The third-order valence-electron chi connectivity index (χ3n) is 3.00. The molecule has 2 aromatic heterocycles. The third-order valence-corrected chi connectivity index (χ3v) is 3.75. The van der Waals surface area contributed by atoms with E-state index in [0.717, 1.165) is 17.5 Å². The lowest BCUT2D eigenvalue weighted by atomic mass is 10.2. The first-order valence-corrected chi connectivity index (χ1v) is 7.69. The van der Waals surface area contributed by atoms with Crippen molar-refractivity contribution in [1.29, 1.82) is 0 Å². The Kier molecular flexibility index (Phi) is 4.54. The fraction of sp³-hybridized carbons (Fsp3) is 0. The summed E-state index contributed by atoms with van der Waals surface area (Å²) < 4.78 is 13.0. The molecule has 4 nitrogen and oxygen atoms in total. The van der Waals surface area contributed by atoms with Gasteiger partial charge in [0, 0.05) is 17.8 Å². The van der Waals surface area contributed by atoms with E-state index >= 15 is 0 Å². The fourth-order valence-corrected chi connectivity index (χ4v) is 2.69. The number of thiazole rings is 1. The lowest BCUT2D eigenvalue weighted by Gasteiger charge is -2.03. The van der Waals surface area contributed by atoms with Crippen LogP contribution in [0.4, 0.5) is 9.39 Å². The van der Waals surface area contributed by atoms with Crippen molar-refractivity contribution in [3.05, 3.63) is 71.8 Å². The third kappa shape index (κ3) is 3.87. The molecule has 0 bridgehead atoms. The topological polar surface area (TPSA) is 54.9 Å². The Morgan fingerprint density at radius 2 is 2.04 bits per heavy atom. The molecule has 0 unspecified atom stereocenters. The van der Waals surface area contributed by atoms with E-state index in [1.807, 2.05) is 30.3 Å². The first-order valence-electron chi connectivity index (χ1n) is 6.81. The molecule has 0 spiro atoms. The van der Waals surface area contributed by atoms with Gasteiger partial charge >= 0.3 is 0 Å². The lowest BCUT2D eigenvalue weighted by molar-refractivity contribution is -0.111. The molecule has 0 aliphatic carbocycles. The maximum absolute atomic E-state index is 13.0. The van der Waals surface area contributed by atoms with E-state index in [-0.39, 0.29) is 5.91 Å². The minimum Gasteiger partial charge on any atom is -0.312 e. The van der Waals surface area contributed by atoms with E-state index in [9.17, 15) is 9.18 Å². The summed E-state index contributed by atoms with van der Waals surface area (Å²) in [4.78, 5) is 20.0. The molecule has 114 valence electrons. The molecule has 0 aliphatic heterocycles. The van der Waals surface area contributed by atoms with Gasteiger partial charge in [-0.05, 0) is 17.7 Å². The van der Waals surface area contributed by atoms with E-state index in [2.05, 4.69) is 15.3 Å². The number of nitrogens with one attached hydrogen (secondary N) is 1. The van der Waals surface area contributed by atoms with E-state index in [4.69, 9.17) is 0 Å². The summed E-state index contributed by atoms with van der Waals surface area (Å²) in [6, 6.07) is 10.9. The molecule has 3 rings (SSSR count). The summed E-state index contributed by atoms with van der Waals surface area (Å²) in [5, 5.41) is 3.46. The number of hydrogen-bond acceptors (Lipinski definition) is 4. The molecule has 3 aromatic rings. The van der Waals surface area contributed by atoms with Gasteiger partial charge in [0.15, 0.2) is 0 Å². The van der Waals surface area contributed by atoms with Crippen molar-refractivity contribution in [2.75, 3.05) is 5.32 Å². The Bertz CT molecular complexity index is 846. The largest absolute Gasteiger partial charge is 0.312 e. The monoisotopic (exact) mass is 325 g/mol. The molecule has 1 aromatic carbocycles. The number of rotatable bonds is 4. The number of anilines is 1. The van der Waals surface area contributed by atoms with Crippen LogP contribution in [0.15, 0.2) is 60.4 Å². The molecule has 0 saturated heterocycles. The highest BCUT2D eigenvalue weighted by molar-refractivity contribution is 7.14. The average Bonchev–Trinajstić information content (AvgIpc) is 3.02. The van der Waals surface area contributed by atoms with Gasteiger partial charge in [0.1, 0.15) is 16.5 Å². The number of hydrogen-bond donors (Lipinski definition) is 1. The summed E-state index contributed by atoms with van der Waals surface area (Å²) in [6.07, 6.45) is 5.44. The molecule has 0 fully saturated rings. The first-order chi connectivity index (χ1) is 11.2. The molecule has 0 radical (unpaired) electrons. The van der Waals surface area contributed by atoms with Gasteiger partial charge in [-0.3, -0.25) is 9.78 Å². The minimum atomic E-state index is -0.443. The second-order valence-corrected chi connectivity index (χ2v) is 5.51.